The lowest BCUT2D eigenvalue weighted by Crippen LogP contribution is -2.46. The molecule has 1 N–H and O–H groups in total. The zero-order chi connectivity index (χ0) is 14.3. The molecule has 0 amide bonds. The van der Waals surface area contributed by atoms with Gasteiger partial charge in [0.1, 0.15) is 10.7 Å². The van der Waals surface area contributed by atoms with E-state index in [0.29, 0.717) is 25.0 Å². The largest absolute Gasteiger partial charge is 0.314 e. The predicted octanol–water partition coefficient (Wildman–Crippen LogP) is 2.27. The van der Waals surface area contributed by atoms with Gasteiger partial charge >= 0.3 is 0 Å². The van der Waals surface area contributed by atoms with Crippen molar-refractivity contribution in [3.63, 3.8) is 0 Å². The molecule has 0 aliphatic carbocycles. The van der Waals surface area contributed by atoms with E-state index in [1.165, 1.54) is 10.4 Å². The van der Waals surface area contributed by atoms with Crippen LogP contribution in [0.5, 0.6) is 0 Å². The predicted molar refractivity (Wildman–Crippen MR) is 81.9 cm³/mol. The molecule has 0 bridgehead atoms. The lowest BCUT2D eigenvalue weighted by Gasteiger charge is -2.34. The van der Waals surface area contributed by atoms with Gasteiger partial charge in [-0.1, -0.05) is 11.6 Å². The van der Waals surface area contributed by atoms with Crippen LogP contribution >= 0.6 is 24.0 Å². The Kier molecular flexibility index (Phi) is 5.15. The van der Waals surface area contributed by atoms with Crippen molar-refractivity contribution in [1.29, 1.82) is 0 Å². The normalized spacial score (nSPS) is 26.2. The summed E-state index contributed by atoms with van der Waals surface area (Å²) < 4.78 is 39.9. The lowest BCUT2D eigenvalue weighted by atomic mass is 9.95. The molecule has 2 unspecified atom stereocenters. The van der Waals surface area contributed by atoms with E-state index in [-0.39, 0.29) is 22.3 Å². The topological polar surface area (TPSA) is 49.4 Å². The first-order chi connectivity index (χ1) is 9.48. The van der Waals surface area contributed by atoms with Crippen LogP contribution in [0.4, 0.5) is 4.39 Å². The van der Waals surface area contributed by atoms with Crippen molar-refractivity contribution in [2.24, 2.45) is 5.92 Å². The highest BCUT2D eigenvalue weighted by atomic mass is 35.5. The van der Waals surface area contributed by atoms with E-state index < -0.39 is 15.8 Å². The Hall–Kier alpha value is -0.400. The van der Waals surface area contributed by atoms with Crippen LogP contribution in [-0.2, 0) is 10.0 Å². The number of benzene rings is 1. The molecule has 2 aliphatic rings. The zero-order valence-corrected chi connectivity index (χ0v) is 13.6. The van der Waals surface area contributed by atoms with Crippen LogP contribution in [-0.4, -0.2) is 38.4 Å². The average Bonchev–Trinajstić information content (AvgIpc) is 2.88. The summed E-state index contributed by atoms with van der Waals surface area (Å²) in [5.41, 5.74) is 0. The lowest BCUT2D eigenvalue weighted by molar-refractivity contribution is 0.247. The van der Waals surface area contributed by atoms with Gasteiger partial charge in [-0.25, -0.2) is 12.8 Å². The number of hydrogen-bond acceptors (Lipinski definition) is 3. The molecule has 3 rings (SSSR count). The maximum Gasteiger partial charge on any atom is 0.244 e. The summed E-state index contributed by atoms with van der Waals surface area (Å²) in [5.74, 6) is -0.253. The summed E-state index contributed by atoms with van der Waals surface area (Å²) >= 11 is 5.93. The van der Waals surface area contributed by atoms with Gasteiger partial charge in [0.05, 0.1) is 5.02 Å². The van der Waals surface area contributed by atoms with E-state index >= 15 is 0 Å². The van der Waals surface area contributed by atoms with E-state index in [4.69, 9.17) is 11.6 Å². The number of hydrogen-bond donors (Lipinski definition) is 1. The molecule has 2 saturated heterocycles. The molecule has 21 heavy (non-hydrogen) atoms. The molecule has 2 heterocycles. The van der Waals surface area contributed by atoms with E-state index in [9.17, 15) is 12.8 Å². The molecule has 8 heteroatoms. The summed E-state index contributed by atoms with van der Waals surface area (Å²) in [4.78, 5) is -0.136. The highest BCUT2D eigenvalue weighted by Gasteiger charge is 2.38. The van der Waals surface area contributed by atoms with Crippen molar-refractivity contribution in [2.45, 2.75) is 23.8 Å². The fourth-order valence-corrected chi connectivity index (χ4v) is 5.04. The molecule has 1 aromatic carbocycles. The first-order valence-corrected chi connectivity index (χ1v) is 8.49. The summed E-state index contributed by atoms with van der Waals surface area (Å²) in [7, 11) is -3.72. The van der Waals surface area contributed by atoms with Crippen molar-refractivity contribution >= 4 is 34.0 Å². The fraction of sp³-hybridized carbons (Fsp3) is 0.538. The van der Waals surface area contributed by atoms with Crippen LogP contribution in [0.25, 0.3) is 0 Å². The van der Waals surface area contributed by atoms with Gasteiger partial charge < -0.3 is 5.32 Å². The second-order valence-electron chi connectivity index (χ2n) is 5.34. The molecule has 118 valence electrons. The van der Waals surface area contributed by atoms with Gasteiger partial charge in [0.25, 0.3) is 0 Å². The number of piperidine rings is 1. The molecule has 1 aromatic rings. The third-order valence-corrected chi connectivity index (χ3v) is 6.48. The van der Waals surface area contributed by atoms with Crippen LogP contribution in [0.2, 0.25) is 5.02 Å². The first-order valence-electron chi connectivity index (χ1n) is 6.67. The molecular formula is C13H17Cl2FN2O2S. The number of nitrogens with zero attached hydrogens (tertiary/aromatic N) is 1. The molecule has 0 aromatic heterocycles. The molecule has 0 saturated carbocycles. The molecule has 4 nitrogen and oxygen atoms in total. The highest BCUT2D eigenvalue weighted by Crippen LogP contribution is 2.31. The molecule has 0 spiro atoms. The van der Waals surface area contributed by atoms with Gasteiger partial charge in [-0.3, -0.25) is 0 Å². The van der Waals surface area contributed by atoms with Crippen molar-refractivity contribution in [3.8, 4) is 0 Å². The zero-order valence-electron chi connectivity index (χ0n) is 11.3. The number of fused-ring (bicyclic) bond motifs is 1. The number of halogens is 3. The second kappa shape index (κ2) is 6.38. The summed E-state index contributed by atoms with van der Waals surface area (Å²) in [6.45, 7) is 1.86. The fourth-order valence-electron chi connectivity index (χ4n) is 3.05. The highest BCUT2D eigenvalue weighted by molar-refractivity contribution is 7.89. The van der Waals surface area contributed by atoms with Crippen LogP contribution in [0.15, 0.2) is 23.1 Å². The van der Waals surface area contributed by atoms with Crippen LogP contribution in [0.3, 0.4) is 0 Å². The Morgan fingerprint density at radius 1 is 1.33 bits per heavy atom. The first kappa shape index (κ1) is 17.0. The van der Waals surface area contributed by atoms with Crippen LogP contribution in [0.1, 0.15) is 12.8 Å². The monoisotopic (exact) mass is 354 g/mol. The van der Waals surface area contributed by atoms with Gasteiger partial charge in [-0.2, -0.15) is 4.31 Å². The number of sulfonamides is 1. The average molecular weight is 355 g/mol. The third-order valence-electron chi connectivity index (χ3n) is 4.13. The molecule has 2 aliphatic heterocycles. The van der Waals surface area contributed by atoms with Gasteiger partial charge in [-0.05, 0) is 43.5 Å². The Morgan fingerprint density at radius 3 is 2.86 bits per heavy atom. The second-order valence-corrected chi connectivity index (χ2v) is 7.65. The quantitative estimate of drug-likeness (QED) is 0.886. The van der Waals surface area contributed by atoms with Gasteiger partial charge in [0, 0.05) is 19.1 Å². The van der Waals surface area contributed by atoms with Crippen LogP contribution in [0, 0.1) is 11.7 Å². The van der Waals surface area contributed by atoms with Crippen molar-refractivity contribution in [3.05, 3.63) is 29.0 Å². The molecular weight excluding hydrogens is 338 g/mol. The Morgan fingerprint density at radius 2 is 2.10 bits per heavy atom. The van der Waals surface area contributed by atoms with Crippen molar-refractivity contribution in [1.82, 2.24) is 9.62 Å². The maximum atomic E-state index is 13.3. The smallest absolute Gasteiger partial charge is 0.244 e. The van der Waals surface area contributed by atoms with E-state index in [1.807, 2.05) is 0 Å². The van der Waals surface area contributed by atoms with E-state index in [0.717, 1.165) is 31.5 Å². The maximum absolute atomic E-state index is 13.3. The molecule has 2 atom stereocenters. The Bertz CT molecular complexity index is 627. The third kappa shape index (κ3) is 3.19. The number of rotatable bonds is 2. The van der Waals surface area contributed by atoms with Gasteiger partial charge in [0.2, 0.25) is 10.0 Å². The van der Waals surface area contributed by atoms with E-state index in [2.05, 4.69) is 5.32 Å². The minimum atomic E-state index is -3.72. The van der Waals surface area contributed by atoms with Crippen LogP contribution < -0.4 is 5.32 Å². The Balaban J connectivity index is 0.00000161. The van der Waals surface area contributed by atoms with Crippen molar-refractivity contribution < 1.29 is 12.8 Å². The SMILES string of the molecule is Cl.O=S(=O)(c1cc(F)ccc1Cl)N1CCC2NCCC2C1. The molecule has 0 radical (unpaired) electrons. The minimum Gasteiger partial charge on any atom is -0.314 e. The number of nitrogens with one attached hydrogen (secondary N) is 1. The standard InChI is InChI=1S/C13H16ClFN2O2S.ClH/c14-11-2-1-10(15)7-13(11)20(18,19)17-6-4-12-9(8-17)3-5-16-12;/h1-2,7,9,12,16H,3-6,8H2;1H. The summed E-state index contributed by atoms with van der Waals surface area (Å²) in [6.07, 6.45) is 1.77. The summed E-state index contributed by atoms with van der Waals surface area (Å²) in [5, 5.41) is 3.45. The minimum absolute atomic E-state index is 0. The van der Waals surface area contributed by atoms with Gasteiger partial charge in [0.15, 0.2) is 0 Å². The van der Waals surface area contributed by atoms with Gasteiger partial charge in [-0.15, -0.1) is 12.4 Å². The van der Waals surface area contributed by atoms with E-state index in [1.54, 1.807) is 0 Å². The molecule has 2 fully saturated rings. The Labute approximate surface area is 135 Å². The summed E-state index contributed by atoms with van der Waals surface area (Å²) in [6, 6.07) is 3.85. The van der Waals surface area contributed by atoms with Crippen molar-refractivity contribution in [2.75, 3.05) is 19.6 Å².